The fourth-order valence-electron chi connectivity index (χ4n) is 2.74. The molecule has 1 aliphatic heterocycles. The topological polar surface area (TPSA) is 37.4 Å². The Morgan fingerprint density at radius 2 is 2.21 bits per heavy atom. The second-order valence-corrected chi connectivity index (χ2v) is 7.32. The van der Waals surface area contributed by atoms with Gasteiger partial charge in [0.1, 0.15) is 5.82 Å². The molecule has 0 bridgehead atoms. The van der Waals surface area contributed by atoms with E-state index in [1.807, 2.05) is 0 Å². The van der Waals surface area contributed by atoms with Gasteiger partial charge < -0.3 is 4.90 Å². The van der Waals surface area contributed by atoms with Crippen molar-refractivity contribution in [1.82, 2.24) is 4.90 Å². The van der Waals surface area contributed by atoms with Crippen molar-refractivity contribution in [1.29, 1.82) is 0 Å². The Morgan fingerprint density at radius 3 is 2.84 bits per heavy atom. The van der Waals surface area contributed by atoms with Crippen LogP contribution in [0.15, 0.2) is 23.1 Å². The Labute approximate surface area is 117 Å². The highest BCUT2D eigenvalue weighted by Crippen LogP contribution is 2.27. The quantitative estimate of drug-likeness (QED) is 0.803. The lowest BCUT2D eigenvalue weighted by atomic mass is 10.0. The first-order valence-corrected chi connectivity index (χ1v) is 8.70. The summed E-state index contributed by atoms with van der Waals surface area (Å²) in [4.78, 5) is 2.15. The molecule has 1 atom stereocenters. The first kappa shape index (κ1) is 14.8. The molecule has 1 aromatic carbocycles. The molecule has 2 rings (SSSR count). The number of halogens is 2. The number of hydrogen-bond acceptors (Lipinski definition) is 3. The van der Waals surface area contributed by atoms with Crippen LogP contribution in [-0.2, 0) is 15.5 Å². The minimum Gasteiger partial charge on any atom is -0.300 e. The van der Waals surface area contributed by atoms with Gasteiger partial charge in [0.25, 0.3) is 9.05 Å². The molecule has 6 heteroatoms. The zero-order valence-electron chi connectivity index (χ0n) is 10.8. The van der Waals surface area contributed by atoms with E-state index in [0.29, 0.717) is 6.42 Å². The average molecular weight is 306 g/mol. The summed E-state index contributed by atoms with van der Waals surface area (Å²) < 4.78 is 37.0. The first-order valence-electron chi connectivity index (χ1n) is 6.39. The highest BCUT2D eigenvalue weighted by atomic mass is 35.7. The zero-order chi connectivity index (χ0) is 14.0. The number of likely N-dealkylation sites (N-methyl/N-ethyl adjacent to an activating group) is 1. The van der Waals surface area contributed by atoms with Crippen molar-refractivity contribution in [3.63, 3.8) is 0 Å². The summed E-state index contributed by atoms with van der Waals surface area (Å²) in [5.41, 5.74) is 0.211. The lowest BCUT2D eigenvalue weighted by Gasteiger charge is -2.23. The zero-order valence-corrected chi connectivity index (χ0v) is 12.3. The molecule has 0 aromatic heterocycles. The maximum atomic E-state index is 13.9. The maximum absolute atomic E-state index is 13.9. The van der Waals surface area contributed by atoms with Gasteiger partial charge in [-0.2, -0.15) is 0 Å². The van der Waals surface area contributed by atoms with Crippen LogP contribution in [0.5, 0.6) is 0 Å². The third kappa shape index (κ3) is 3.27. The summed E-state index contributed by atoms with van der Waals surface area (Å²) in [5, 5.41) is 0. The van der Waals surface area contributed by atoms with Gasteiger partial charge in [0, 0.05) is 22.3 Å². The van der Waals surface area contributed by atoms with E-state index in [1.165, 1.54) is 18.2 Å². The van der Waals surface area contributed by atoms with E-state index >= 15 is 0 Å². The van der Waals surface area contributed by atoms with Gasteiger partial charge in [-0.1, -0.05) is 13.0 Å². The summed E-state index contributed by atoms with van der Waals surface area (Å²) in [5.74, 6) is -0.496. The Bertz CT molecular complexity index is 562. The van der Waals surface area contributed by atoms with Crippen LogP contribution in [0.25, 0.3) is 0 Å². The molecule has 3 nitrogen and oxygen atoms in total. The van der Waals surface area contributed by atoms with E-state index < -0.39 is 14.9 Å². The highest BCUT2D eigenvalue weighted by Gasteiger charge is 2.27. The lowest BCUT2D eigenvalue weighted by molar-refractivity contribution is 0.263. The van der Waals surface area contributed by atoms with Crippen LogP contribution in [0.3, 0.4) is 0 Å². The van der Waals surface area contributed by atoms with Gasteiger partial charge in [-0.05, 0) is 44.5 Å². The van der Waals surface area contributed by atoms with E-state index in [2.05, 4.69) is 11.8 Å². The molecule has 0 amide bonds. The number of rotatable bonds is 4. The van der Waals surface area contributed by atoms with Gasteiger partial charge >= 0.3 is 0 Å². The Hall–Kier alpha value is -0.650. The molecule has 0 N–H and O–H groups in total. The molecule has 0 unspecified atom stereocenters. The predicted octanol–water partition coefficient (Wildman–Crippen LogP) is 2.78. The fraction of sp³-hybridized carbons (Fsp3) is 0.538. The molecule has 0 saturated carbocycles. The monoisotopic (exact) mass is 305 g/mol. The van der Waals surface area contributed by atoms with E-state index in [9.17, 15) is 12.8 Å². The molecule has 0 radical (unpaired) electrons. The number of benzene rings is 1. The van der Waals surface area contributed by atoms with Crippen LogP contribution >= 0.6 is 10.7 Å². The summed E-state index contributed by atoms with van der Waals surface area (Å²) in [6.45, 7) is 3.93. The predicted molar refractivity (Wildman–Crippen MR) is 73.4 cm³/mol. The molecule has 1 fully saturated rings. The van der Waals surface area contributed by atoms with Crippen molar-refractivity contribution < 1.29 is 12.8 Å². The van der Waals surface area contributed by atoms with E-state index in [-0.39, 0.29) is 16.5 Å². The minimum absolute atomic E-state index is 0.0999. The maximum Gasteiger partial charge on any atom is 0.261 e. The highest BCUT2D eigenvalue weighted by molar-refractivity contribution is 8.13. The summed E-state index contributed by atoms with van der Waals surface area (Å²) in [6.07, 6.45) is 2.42. The third-order valence-corrected chi connectivity index (χ3v) is 5.09. The number of nitrogens with zero attached hydrogens (tertiary/aromatic N) is 1. The number of hydrogen-bond donors (Lipinski definition) is 0. The van der Waals surface area contributed by atoms with Crippen LogP contribution in [-0.4, -0.2) is 32.4 Å². The average Bonchev–Trinajstić information content (AvgIpc) is 2.77. The van der Waals surface area contributed by atoms with Crippen LogP contribution in [0, 0.1) is 5.82 Å². The standard InChI is InChI=1S/C13H17ClFNO2S/c1-2-16-8-4-5-10(16)9-11-12(15)6-3-7-13(11)19(14,17)18/h3,6-7,10H,2,4-5,8-9H2,1H3/t10-/m0/s1. The van der Waals surface area contributed by atoms with Crippen LogP contribution in [0.4, 0.5) is 4.39 Å². The van der Waals surface area contributed by atoms with Gasteiger partial charge in [0.2, 0.25) is 0 Å². The van der Waals surface area contributed by atoms with Crippen molar-refractivity contribution in [3.05, 3.63) is 29.6 Å². The van der Waals surface area contributed by atoms with Crippen molar-refractivity contribution >= 4 is 19.7 Å². The largest absolute Gasteiger partial charge is 0.300 e. The van der Waals surface area contributed by atoms with Gasteiger partial charge in [-0.3, -0.25) is 0 Å². The van der Waals surface area contributed by atoms with Crippen LogP contribution in [0.1, 0.15) is 25.3 Å². The Kier molecular flexibility index (Phi) is 4.48. The van der Waals surface area contributed by atoms with Gasteiger partial charge in [0.05, 0.1) is 4.90 Å². The normalized spacial score (nSPS) is 20.9. The second-order valence-electron chi connectivity index (χ2n) is 4.78. The molecule has 1 aromatic rings. The first-order chi connectivity index (χ1) is 8.93. The molecule has 1 aliphatic rings. The van der Waals surface area contributed by atoms with E-state index in [4.69, 9.17) is 10.7 Å². The van der Waals surface area contributed by atoms with Crippen molar-refractivity contribution in [2.75, 3.05) is 13.1 Å². The van der Waals surface area contributed by atoms with Crippen LogP contribution < -0.4 is 0 Å². The van der Waals surface area contributed by atoms with E-state index in [1.54, 1.807) is 0 Å². The SMILES string of the molecule is CCN1CCC[C@H]1Cc1c(F)cccc1S(=O)(=O)Cl. The molecular weight excluding hydrogens is 289 g/mol. The third-order valence-electron chi connectivity index (χ3n) is 3.68. The summed E-state index contributed by atoms with van der Waals surface area (Å²) in [7, 11) is 1.48. The number of likely N-dealkylation sites (tertiary alicyclic amines) is 1. The minimum atomic E-state index is -3.91. The summed E-state index contributed by atoms with van der Waals surface area (Å²) >= 11 is 0. The molecule has 106 valence electrons. The van der Waals surface area contributed by atoms with Gasteiger partial charge in [0.15, 0.2) is 0 Å². The van der Waals surface area contributed by atoms with Crippen molar-refractivity contribution in [2.24, 2.45) is 0 Å². The van der Waals surface area contributed by atoms with Crippen molar-refractivity contribution in [3.8, 4) is 0 Å². The second kappa shape index (κ2) is 5.77. The van der Waals surface area contributed by atoms with E-state index in [0.717, 1.165) is 25.9 Å². The smallest absolute Gasteiger partial charge is 0.261 e. The van der Waals surface area contributed by atoms with Crippen LogP contribution in [0.2, 0.25) is 0 Å². The summed E-state index contributed by atoms with van der Waals surface area (Å²) in [6, 6.07) is 4.22. The van der Waals surface area contributed by atoms with Crippen molar-refractivity contribution in [2.45, 2.75) is 37.1 Å². The molecule has 19 heavy (non-hydrogen) atoms. The van der Waals surface area contributed by atoms with Gasteiger partial charge in [-0.25, -0.2) is 12.8 Å². The Balaban J connectivity index is 2.34. The molecule has 0 aliphatic carbocycles. The van der Waals surface area contributed by atoms with Gasteiger partial charge in [-0.15, -0.1) is 0 Å². The molecule has 0 spiro atoms. The fourth-order valence-corrected chi connectivity index (χ4v) is 3.89. The molecule has 1 saturated heterocycles. The molecular formula is C13H17ClFNO2S. The Morgan fingerprint density at radius 1 is 1.47 bits per heavy atom. The lowest BCUT2D eigenvalue weighted by Crippen LogP contribution is -2.31. The molecule has 1 heterocycles.